The number of aromatic nitrogens is 4. The number of aromatic amines is 1. The van der Waals surface area contributed by atoms with Crippen molar-refractivity contribution in [3.8, 4) is 0 Å². The fourth-order valence-corrected chi connectivity index (χ4v) is 1.43. The zero-order valence-electron chi connectivity index (χ0n) is 9.28. The van der Waals surface area contributed by atoms with E-state index in [9.17, 15) is 4.79 Å². The smallest absolute Gasteiger partial charge is 0.242 e. The van der Waals surface area contributed by atoms with Gasteiger partial charge in [0.2, 0.25) is 11.2 Å². The Morgan fingerprint density at radius 2 is 2.24 bits per heavy atom. The van der Waals surface area contributed by atoms with Gasteiger partial charge in [0.05, 0.1) is 11.6 Å². The molecule has 0 spiro atoms. The average Bonchev–Trinajstić information content (AvgIpc) is 2.64. The van der Waals surface area contributed by atoms with Crippen molar-refractivity contribution in [2.24, 2.45) is 5.73 Å². The Bertz CT molecular complexity index is 578. The van der Waals surface area contributed by atoms with Gasteiger partial charge in [-0.05, 0) is 25.4 Å². The number of nitrogens with one attached hydrogen (secondary N) is 2. The Hall–Kier alpha value is -1.89. The van der Waals surface area contributed by atoms with Gasteiger partial charge in [0, 0.05) is 0 Å². The number of nitrogens with two attached hydrogens (primary N) is 1. The normalized spacial score (nSPS) is 11.7. The maximum absolute atomic E-state index is 11.2. The van der Waals surface area contributed by atoms with Crippen LogP contribution in [0.5, 0.6) is 0 Å². The van der Waals surface area contributed by atoms with E-state index in [-0.39, 0.29) is 5.28 Å². The predicted molar refractivity (Wildman–Crippen MR) is 63.6 cm³/mol. The largest absolute Gasteiger partial charge is 0.368 e. The fourth-order valence-electron chi connectivity index (χ4n) is 1.26. The van der Waals surface area contributed by atoms with Crippen molar-refractivity contribution in [1.29, 1.82) is 0 Å². The highest BCUT2D eigenvalue weighted by molar-refractivity contribution is 6.28. The average molecular weight is 255 g/mol. The van der Waals surface area contributed by atoms with E-state index in [1.165, 1.54) is 0 Å². The van der Waals surface area contributed by atoms with Crippen LogP contribution < -0.4 is 11.1 Å². The zero-order valence-corrected chi connectivity index (χ0v) is 10.0. The highest BCUT2D eigenvalue weighted by atomic mass is 35.5. The van der Waals surface area contributed by atoms with E-state index in [1.54, 1.807) is 20.0 Å². The molecule has 0 aromatic carbocycles. The standard InChI is InChI=1S/C9H11ClN6O/c1-9(2,7(11)17)15-5-4-3-12-16-6(4)14-8(10)13-5/h3H,1-2H3,(H2,11,17)(H2,12,13,14,15,16). The van der Waals surface area contributed by atoms with Gasteiger partial charge in [0.15, 0.2) is 5.65 Å². The highest BCUT2D eigenvalue weighted by Gasteiger charge is 2.26. The maximum atomic E-state index is 11.2. The van der Waals surface area contributed by atoms with Crippen LogP contribution >= 0.6 is 11.6 Å². The number of fused-ring (bicyclic) bond motifs is 1. The summed E-state index contributed by atoms with van der Waals surface area (Å²) < 4.78 is 0. The first-order valence-electron chi connectivity index (χ1n) is 4.85. The van der Waals surface area contributed by atoms with Crippen LogP contribution in [0, 0.1) is 0 Å². The molecule has 17 heavy (non-hydrogen) atoms. The molecule has 4 N–H and O–H groups in total. The summed E-state index contributed by atoms with van der Waals surface area (Å²) in [6, 6.07) is 0. The number of hydrogen-bond acceptors (Lipinski definition) is 5. The number of primary amides is 1. The molecule has 0 aliphatic heterocycles. The van der Waals surface area contributed by atoms with Gasteiger partial charge in [-0.2, -0.15) is 15.1 Å². The molecule has 0 unspecified atom stereocenters. The SMILES string of the molecule is CC(C)(Nc1nc(Cl)nc2[nH]ncc12)C(N)=O. The van der Waals surface area contributed by atoms with Gasteiger partial charge < -0.3 is 11.1 Å². The molecule has 8 heteroatoms. The molecule has 0 bridgehead atoms. The number of carbonyl (C=O) groups excluding carboxylic acids is 1. The van der Waals surface area contributed by atoms with Crippen LogP contribution in [0.3, 0.4) is 0 Å². The van der Waals surface area contributed by atoms with Gasteiger partial charge in [-0.1, -0.05) is 0 Å². The third kappa shape index (κ3) is 2.14. The Morgan fingerprint density at radius 1 is 1.53 bits per heavy atom. The van der Waals surface area contributed by atoms with Crippen LogP contribution in [0.4, 0.5) is 5.82 Å². The molecule has 2 aromatic rings. The topological polar surface area (TPSA) is 110 Å². The molecule has 0 fully saturated rings. The number of anilines is 1. The molecule has 2 aromatic heterocycles. The summed E-state index contributed by atoms with van der Waals surface area (Å²) in [6.45, 7) is 3.30. The van der Waals surface area contributed by atoms with E-state index in [1.807, 2.05) is 0 Å². The van der Waals surface area contributed by atoms with Crippen LogP contribution in [-0.2, 0) is 4.79 Å². The molecule has 7 nitrogen and oxygen atoms in total. The van der Waals surface area contributed by atoms with E-state index in [0.29, 0.717) is 16.9 Å². The molecular weight excluding hydrogens is 244 g/mol. The Kier molecular flexibility index (Phi) is 2.62. The summed E-state index contributed by atoms with van der Waals surface area (Å²) in [5, 5.41) is 10.1. The van der Waals surface area contributed by atoms with Crippen LogP contribution in [0.2, 0.25) is 5.28 Å². The molecule has 1 amide bonds. The van der Waals surface area contributed by atoms with E-state index in [4.69, 9.17) is 17.3 Å². The molecule has 2 heterocycles. The molecule has 0 aliphatic carbocycles. The van der Waals surface area contributed by atoms with Crippen LogP contribution in [0.1, 0.15) is 13.8 Å². The first-order chi connectivity index (χ1) is 7.90. The maximum Gasteiger partial charge on any atom is 0.242 e. The molecule has 0 radical (unpaired) electrons. The lowest BCUT2D eigenvalue weighted by Gasteiger charge is -2.23. The zero-order chi connectivity index (χ0) is 12.6. The number of carbonyl (C=O) groups is 1. The number of amides is 1. The van der Waals surface area contributed by atoms with Crippen molar-refractivity contribution >= 4 is 34.4 Å². The molecule has 0 saturated carbocycles. The lowest BCUT2D eigenvalue weighted by Crippen LogP contribution is -2.45. The number of rotatable bonds is 3. The minimum absolute atomic E-state index is 0.0597. The lowest BCUT2D eigenvalue weighted by atomic mass is 10.1. The summed E-state index contributed by atoms with van der Waals surface area (Å²) >= 11 is 5.76. The number of nitrogens with zero attached hydrogens (tertiary/aromatic N) is 3. The van der Waals surface area contributed by atoms with Gasteiger partial charge in [-0.25, -0.2) is 0 Å². The molecular formula is C9H11ClN6O. The minimum Gasteiger partial charge on any atom is -0.368 e. The third-order valence-electron chi connectivity index (χ3n) is 2.33. The fraction of sp³-hybridized carbons (Fsp3) is 0.333. The summed E-state index contributed by atoms with van der Waals surface area (Å²) in [4.78, 5) is 19.2. The number of hydrogen-bond donors (Lipinski definition) is 3. The number of H-pyrrole nitrogens is 1. The summed E-state index contributed by atoms with van der Waals surface area (Å²) in [6.07, 6.45) is 1.55. The Morgan fingerprint density at radius 3 is 2.88 bits per heavy atom. The second kappa shape index (κ2) is 3.85. The van der Waals surface area contributed by atoms with E-state index >= 15 is 0 Å². The van der Waals surface area contributed by atoms with Gasteiger partial charge in [-0.3, -0.25) is 9.89 Å². The van der Waals surface area contributed by atoms with Crippen molar-refractivity contribution < 1.29 is 4.79 Å². The van der Waals surface area contributed by atoms with Crippen LogP contribution in [0.25, 0.3) is 11.0 Å². The van der Waals surface area contributed by atoms with Crippen LogP contribution in [0.15, 0.2) is 6.20 Å². The molecule has 2 rings (SSSR count). The van der Waals surface area contributed by atoms with Crippen LogP contribution in [-0.4, -0.2) is 31.6 Å². The number of halogens is 1. The minimum atomic E-state index is -0.943. The first-order valence-corrected chi connectivity index (χ1v) is 5.22. The van der Waals surface area contributed by atoms with Gasteiger partial charge in [-0.15, -0.1) is 0 Å². The van der Waals surface area contributed by atoms with Crippen molar-refractivity contribution in [3.05, 3.63) is 11.5 Å². The monoisotopic (exact) mass is 254 g/mol. The van der Waals surface area contributed by atoms with E-state index in [0.717, 1.165) is 0 Å². The third-order valence-corrected chi connectivity index (χ3v) is 2.50. The molecule has 0 atom stereocenters. The quantitative estimate of drug-likeness (QED) is 0.698. The van der Waals surface area contributed by atoms with Gasteiger partial charge in [0.1, 0.15) is 11.4 Å². The lowest BCUT2D eigenvalue weighted by molar-refractivity contribution is -0.121. The van der Waals surface area contributed by atoms with E-state index in [2.05, 4.69) is 25.5 Å². The Balaban J connectivity index is 2.48. The molecule has 0 aliphatic rings. The second-order valence-electron chi connectivity index (χ2n) is 4.09. The van der Waals surface area contributed by atoms with Crippen molar-refractivity contribution in [1.82, 2.24) is 20.2 Å². The summed E-state index contributed by atoms with van der Waals surface area (Å²) in [5.74, 6) is -0.0820. The summed E-state index contributed by atoms with van der Waals surface area (Å²) in [5.41, 5.74) is 4.82. The highest BCUT2D eigenvalue weighted by Crippen LogP contribution is 2.22. The second-order valence-corrected chi connectivity index (χ2v) is 4.43. The van der Waals surface area contributed by atoms with Crippen molar-refractivity contribution in [2.75, 3.05) is 5.32 Å². The Labute approximate surface area is 102 Å². The van der Waals surface area contributed by atoms with Gasteiger partial charge in [0.25, 0.3) is 0 Å². The van der Waals surface area contributed by atoms with Gasteiger partial charge >= 0.3 is 0 Å². The predicted octanol–water partition coefficient (Wildman–Crippen LogP) is 0.682. The van der Waals surface area contributed by atoms with Crippen molar-refractivity contribution in [2.45, 2.75) is 19.4 Å². The summed E-state index contributed by atoms with van der Waals surface area (Å²) in [7, 11) is 0. The van der Waals surface area contributed by atoms with Crippen molar-refractivity contribution in [3.63, 3.8) is 0 Å². The molecule has 0 saturated heterocycles. The van der Waals surface area contributed by atoms with E-state index < -0.39 is 11.4 Å². The first kappa shape index (κ1) is 11.6. The molecule has 90 valence electrons.